The highest BCUT2D eigenvalue weighted by molar-refractivity contribution is 7.89. The van der Waals surface area contributed by atoms with Gasteiger partial charge < -0.3 is 9.64 Å². The summed E-state index contributed by atoms with van der Waals surface area (Å²) >= 11 is 0. The van der Waals surface area contributed by atoms with Crippen LogP contribution in [0, 0.1) is 24.2 Å². The normalized spacial score (nSPS) is 11.3. The van der Waals surface area contributed by atoms with E-state index in [1.54, 1.807) is 4.90 Å². The first-order valence-electron chi connectivity index (χ1n) is 9.05. The van der Waals surface area contributed by atoms with Crippen LogP contribution in [0.25, 0.3) is 0 Å². The Labute approximate surface area is 167 Å². The van der Waals surface area contributed by atoms with Crippen LogP contribution in [0.5, 0.6) is 0 Å². The molecule has 1 N–H and O–H groups in total. The highest BCUT2D eigenvalue weighted by atomic mass is 32.2. The number of benzene rings is 1. The van der Waals surface area contributed by atoms with Crippen LogP contribution in [0.15, 0.2) is 29.2 Å². The molecule has 0 aliphatic carbocycles. The van der Waals surface area contributed by atoms with Gasteiger partial charge in [-0.3, -0.25) is 4.79 Å². The van der Waals surface area contributed by atoms with Gasteiger partial charge in [0, 0.05) is 13.1 Å². The Bertz CT molecular complexity index is 798. The van der Waals surface area contributed by atoms with Crippen LogP contribution >= 0.6 is 0 Å². The predicted octanol–water partition coefficient (Wildman–Crippen LogP) is 1.90. The van der Waals surface area contributed by atoms with E-state index in [0.29, 0.717) is 24.9 Å². The van der Waals surface area contributed by atoms with Gasteiger partial charge in [-0.1, -0.05) is 33.6 Å². The summed E-state index contributed by atoms with van der Waals surface area (Å²) in [5, 5.41) is 0. The van der Waals surface area contributed by atoms with E-state index in [1.165, 1.54) is 24.3 Å². The summed E-state index contributed by atoms with van der Waals surface area (Å²) in [5.41, 5.74) is 0.156. The van der Waals surface area contributed by atoms with Gasteiger partial charge in [0.2, 0.25) is 10.0 Å². The number of nitrogens with one attached hydrogen (secondary N) is 1. The number of esters is 1. The fourth-order valence-corrected chi connectivity index (χ4v) is 3.39. The summed E-state index contributed by atoms with van der Waals surface area (Å²) < 4.78 is 31.3. The highest BCUT2D eigenvalue weighted by Crippen LogP contribution is 2.12. The third kappa shape index (κ3) is 7.71. The lowest BCUT2D eigenvalue weighted by Crippen LogP contribution is -2.39. The zero-order chi connectivity index (χ0) is 21.3. The first-order chi connectivity index (χ1) is 13.1. The maximum atomic E-state index is 12.4. The molecule has 1 rings (SSSR count). The first-order valence-corrected chi connectivity index (χ1v) is 10.5. The average molecular weight is 409 g/mol. The van der Waals surface area contributed by atoms with Crippen LogP contribution in [0.4, 0.5) is 0 Å². The number of rotatable bonds is 10. The molecular formula is C20H28N2O5S. The molecule has 0 aliphatic heterocycles. The molecule has 0 saturated carbocycles. The van der Waals surface area contributed by atoms with Gasteiger partial charge in [-0.25, -0.2) is 13.2 Å². The summed E-state index contributed by atoms with van der Waals surface area (Å²) in [7, 11) is -3.73. The smallest absolute Gasteiger partial charge is 0.338 e. The Hall–Kier alpha value is -2.37. The van der Waals surface area contributed by atoms with Crippen molar-refractivity contribution in [2.75, 3.05) is 26.2 Å². The molecule has 0 aliphatic rings. The number of carbonyl (C=O) groups excluding carboxylic acids is 2. The SMILES string of the molecule is C#CCNS(=O)(=O)c1ccc(C(=O)OCC(=O)N(CC(C)C)CC(C)C)cc1. The number of sulfonamides is 1. The fraction of sp³-hybridized carbons (Fsp3) is 0.500. The second kappa shape index (κ2) is 10.8. The van der Waals surface area contributed by atoms with Gasteiger partial charge in [0.15, 0.2) is 6.61 Å². The van der Waals surface area contributed by atoms with Gasteiger partial charge in [0.25, 0.3) is 5.91 Å². The number of hydrogen-bond acceptors (Lipinski definition) is 5. The molecule has 8 heteroatoms. The predicted molar refractivity (Wildman–Crippen MR) is 107 cm³/mol. The van der Waals surface area contributed by atoms with Crippen molar-refractivity contribution >= 4 is 21.9 Å². The van der Waals surface area contributed by atoms with E-state index in [2.05, 4.69) is 10.6 Å². The summed E-state index contributed by atoms with van der Waals surface area (Å²) in [6, 6.07) is 5.22. The van der Waals surface area contributed by atoms with Gasteiger partial charge in [-0.05, 0) is 36.1 Å². The van der Waals surface area contributed by atoms with Crippen molar-refractivity contribution in [3.05, 3.63) is 29.8 Å². The van der Waals surface area contributed by atoms with E-state index in [-0.39, 0.29) is 29.5 Å². The molecule has 1 amide bonds. The molecule has 0 aromatic heterocycles. The van der Waals surface area contributed by atoms with E-state index in [0.717, 1.165) is 0 Å². The summed E-state index contributed by atoms with van der Waals surface area (Å²) in [4.78, 5) is 26.2. The largest absolute Gasteiger partial charge is 0.452 e. The average Bonchev–Trinajstić information content (AvgIpc) is 2.63. The molecule has 0 radical (unpaired) electrons. The molecule has 0 unspecified atom stereocenters. The first kappa shape index (κ1) is 23.7. The summed E-state index contributed by atoms with van der Waals surface area (Å²) in [5.74, 6) is 1.84. The monoisotopic (exact) mass is 408 g/mol. The molecule has 1 aromatic rings. The zero-order valence-corrected chi connectivity index (χ0v) is 17.6. The zero-order valence-electron chi connectivity index (χ0n) is 16.8. The number of amides is 1. The summed E-state index contributed by atoms with van der Waals surface area (Å²) in [6.07, 6.45) is 5.04. The van der Waals surface area contributed by atoms with Crippen molar-refractivity contribution in [2.45, 2.75) is 32.6 Å². The van der Waals surface area contributed by atoms with E-state index in [9.17, 15) is 18.0 Å². The molecule has 0 atom stereocenters. The fourth-order valence-electron chi connectivity index (χ4n) is 2.45. The van der Waals surface area contributed by atoms with Crippen LogP contribution in [0.1, 0.15) is 38.1 Å². The lowest BCUT2D eigenvalue weighted by molar-refractivity contribution is -0.135. The number of hydrogen-bond donors (Lipinski definition) is 1. The minimum atomic E-state index is -3.73. The van der Waals surface area contributed by atoms with E-state index >= 15 is 0 Å². The van der Waals surface area contributed by atoms with Crippen LogP contribution in [-0.2, 0) is 19.6 Å². The second-order valence-corrected chi connectivity index (χ2v) is 8.98. The van der Waals surface area contributed by atoms with Crippen LogP contribution < -0.4 is 4.72 Å². The van der Waals surface area contributed by atoms with E-state index < -0.39 is 16.0 Å². The minimum absolute atomic E-state index is 0.0181. The molecule has 0 fully saturated rings. The molecule has 0 bridgehead atoms. The Morgan fingerprint density at radius 3 is 2.11 bits per heavy atom. The van der Waals surface area contributed by atoms with Crippen molar-refractivity contribution in [3.63, 3.8) is 0 Å². The number of ether oxygens (including phenoxy) is 1. The number of nitrogens with zero attached hydrogens (tertiary/aromatic N) is 1. The van der Waals surface area contributed by atoms with Gasteiger partial charge in [0.1, 0.15) is 0 Å². The van der Waals surface area contributed by atoms with Gasteiger partial charge in [-0.15, -0.1) is 6.42 Å². The van der Waals surface area contributed by atoms with Crippen LogP contribution in [0.2, 0.25) is 0 Å². The lowest BCUT2D eigenvalue weighted by Gasteiger charge is -2.26. The van der Waals surface area contributed by atoms with Crippen molar-refractivity contribution in [3.8, 4) is 12.3 Å². The molecule has 7 nitrogen and oxygen atoms in total. The van der Waals surface area contributed by atoms with Crippen LogP contribution in [0.3, 0.4) is 0 Å². The maximum absolute atomic E-state index is 12.4. The van der Waals surface area contributed by atoms with Crippen molar-refractivity contribution in [2.24, 2.45) is 11.8 Å². The number of terminal acetylenes is 1. The van der Waals surface area contributed by atoms with Gasteiger partial charge >= 0.3 is 5.97 Å². The Morgan fingerprint density at radius 2 is 1.64 bits per heavy atom. The van der Waals surface area contributed by atoms with Crippen molar-refractivity contribution in [1.29, 1.82) is 0 Å². The highest BCUT2D eigenvalue weighted by Gasteiger charge is 2.19. The third-order valence-electron chi connectivity index (χ3n) is 3.62. The minimum Gasteiger partial charge on any atom is -0.452 e. The Morgan fingerprint density at radius 1 is 1.11 bits per heavy atom. The maximum Gasteiger partial charge on any atom is 0.338 e. The molecule has 0 heterocycles. The molecule has 0 saturated heterocycles. The van der Waals surface area contributed by atoms with Crippen LogP contribution in [-0.4, -0.2) is 51.4 Å². The lowest BCUT2D eigenvalue weighted by atomic mass is 10.1. The standard InChI is InChI=1S/C20H28N2O5S/c1-6-11-21-28(25,26)18-9-7-17(8-10-18)20(24)27-14-19(23)22(12-15(2)3)13-16(4)5/h1,7-10,15-16,21H,11-14H2,2-5H3. The topological polar surface area (TPSA) is 92.8 Å². The van der Waals surface area contributed by atoms with Gasteiger partial charge in [0.05, 0.1) is 17.0 Å². The molecule has 154 valence electrons. The Balaban J connectivity index is 2.72. The van der Waals surface area contributed by atoms with E-state index in [4.69, 9.17) is 11.2 Å². The molecular weight excluding hydrogens is 380 g/mol. The molecule has 1 aromatic carbocycles. The van der Waals surface area contributed by atoms with E-state index in [1.807, 2.05) is 27.7 Å². The second-order valence-electron chi connectivity index (χ2n) is 7.22. The third-order valence-corrected chi connectivity index (χ3v) is 5.03. The molecule has 0 spiro atoms. The number of carbonyl (C=O) groups is 2. The van der Waals surface area contributed by atoms with Crippen molar-refractivity contribution in [1.82, 2.24) is 9.62 Å². The quantitative estimate of drug-likeness (QED) is 0.471. The van der Waals surface area contributed by atoms with Crippen molar-refractivity contribution < 1.29 is 22.7 Å². The van der Waals surface area contributed by atoms with Gasteiger partial charge in [-0.2, -0.15) is 4.72 Å². The Kier molecular flexibility index (Phi) is 9.16. The molecule has 28 heavy (non-hydrogen) atoms. The summed E-state index contributed by atoms with van der Waals surface area (Å²) in [6.45, 7) is 8.75.